The molecule has 0 radical (unpaired) electrons. The number of hydrogen-bond donors (Lipinski definition) is 1. The maximum Gasteiger partial charge on any atom is 0.163 e. The standard InChI is InChI=1S/C17H20N4/c18-15-10-16(21(14-8-9-14)11-12-6-7-12)20-17(19-15)13-4-2-1-3-5-13/h1-5,10,12,14H,6-9,11H2,(H2,18,19,20). The quantitative estimate of drug-likeness (QED) is 0.914. The highest BCUT2D eigenvalue weighted by atomic mass is 15.2. The zero-order chi connectivity index (χ0) is 14.2. The van der Waals surface area contributed by atoms with Crippen molar-refractivity contribution in [2.24, 2.45) is 5.92 Å². The molecule has 0 aliphatic heterocycles. The summed E-state index contributed by atoms with van der Waals surface area (Å²) in [5.41, 5.74) is 7.05. The summed E-state index contributed by atoms with van der Waals surface area (Å²) >= 11 is 0. The van der Waals surface area contributed by atoms with Crippen LogP contribution in [0, 0.1) is 5.92 Å². The molecule has 2 saturated carbocycles. The van der Waals surface area contributed by atoms with Crippen LogP contribution in [-0.2, 0) is 0 Å². The number of hydrogen-bond acceptors (Lipinski definition) is 4. The Morgan fingerprint density at radius 1 is 1.05 bits per heavy atom. The summed E-state index contributed by atoms with van der Waals surface area (Å²) in [6.45, 7) is 1.12. The monoisotopic (exact) mass is 280 g/mol. The van der Waals surface area contributed by atoms with Crippen LogP contribution in [0.3, 0.4) is 0 Å². The van der Waals surface area contributed by atoms with Gasteiger partial charge in [0.1, 0.15) is 11.6 Å². The smallest absolute Gasteiger partial charge is 0.163 e. The van der Waals surface area contributed by atoms with Gasteiger partial charge < -0.3 is 10.6 Å². The molecule has 1 heterocycles. The molecular weight excluding hydrogens is 260 g/mol. The third-order valence-electron chi connectivity index (χ3n) is 4.20. The molecule has 4 nitrogen and oxygen atoms in total. The van der Waals surface area contributed by atoms with Crippen molar-refractivity contribution in [3.05, 3.63) is 36.4 Å². The topological polar surface area (TPSA) is 55.0 Å². The van der Waals surface area contributed by atoms with Crippen LogP contribution in [-0.4, -0.2) is 22.6 Å². The second kappa shape index (κ2) is 5.02. The van der Waals surface area contributed by atoms with Crippen molar-refractivity contribution in [1.29, 1.82) is 0 Å². The molecule has 0 unspecified atom stereocenters. The number of nitrogen functional groups attached to an aromatic ring is 1. The van der Waals surface area contributed by atoms with E-state index in [-0.39, 0.29) is 0 Å². The lowest BCUT2D eigenvalue weighted by Crippen LogP contribution is -2.29. The SMILES string of the molecule is Nc1cc(N(CC2CC2)C2CC2)nc(-c2ccccc2)n1. The van der Waals surface area contributed by atoms with Crippen molar-refractivity contribution in [3.63, 3.8) is 0 Å². The van der Waals surface area contributed by atoms with Crippen LogP contribution in [0.5, 0.6) is 0 Å². The first-order chi connectivity index (χ1) is 10.3. The number of nitrogens with zero attached hydrogens (tertiary/aromatic N) is 3. The molecule has 2 N–H and O–H groups in total. The van der Waals surface area contributed by atoms with E-state index in [0.717, 1.165) is 29.7 Å². The van der Waals surface area contributed by atoms with E-state index in [4.69, 9.17) is 10.7 Å². The van der Waals surface area contributed by atoms with Gasteiger partial charge in [-0.2, -0.15) is 0 Å². The Hall–Kier alpha value is -2.10. The van der Waals surface area contributed by atoms with Gasteiger partial charge in [-0.3, -0.25) is 0 Å². The summed E-state index contributed by atoms with van der Waals surface area (Å²) in [6.07, 6.45) is 5.26. The van der Waals surface area contributed by atoms with Crippen LogP contribution in [0.2, 0.25) is 0 Å². The van der Waals surface area contributed by atoms with E-state index >= 15 is 0 Å². The van der Waals surface area contributed by atoms with Crippen molar-refractivity contribution < 1.29 is 0 Å². The van der Waals surface area contributed by atoms with E-state index in [1.54, 1.807) is 0 Å². The highest BCUT2D eigenvalue weighted by Gasteiger charge is 2.34. The zero-order valence-corrected chi connectivity index (χ0v) is 12.1. The third-order valence-corrected chi connectivity index (χ3v) is 4.20. The number of anilines is 2. The van der Waals surface area contributed by atoms with Crippen LogP contribution >= 0.6 is 0 Å². The molecule has 0 atom stereocenters. The second-order valence-corrected chi connectivity index (χ2v) is 6.17. The summed E-state index contributed by atoms with van der Waals surface area (Å²) in [5, 5.41) is 0. The average Bonchev–Trinajstić information content (AvgIpc) is 3.38. The predicted molar refractivity (Wildman–Crippen MR) is 85.0 cm³/mol. The van der Waals surface area contributed by atoms with Crippen LogP contribution in [0.25, 0.3) is 11.4 Å². The predicted octanol–water partition coefficient (Wildman–Crippen LogP) is 3.10. The highest BCUT2D eigenvalue weighted by Crippen LogP contribution is 2.37. The maximum absolute atomic E-state index is 6.02. The Kier molecular flexibility index (Phi) is 3.02. The lowest BCUT2D eigenvalue weighted by Gasteiger charge is -2.24. The largest absolute Gasteiger partial charge is 0.384 e. The van der Waals surface area contributed by atoms with E-state index in [9.17, 15) is 0 Å². The molecule has 0 saturated heterocycles. The summed E-state index contributed by atoms with van der Waals surface area (Å²) < 4.78 is 0. The molecule has 1 aromatic heterocycles. The van der Waals surface area contributed by atoms with Crippen LogP contribution in [0.4, 0.5) is 11.6 Å². The number of nitrogens with two attached hydrogens (primary N) is 1. The van der Waals surface area contributed by atoms with Gasteiger partial charge >= 0.3 is 0 Å². The van der Waals surface area contributed by atoms with Gasteiger partial charge in [-0.05, 0) is 31.6 Å². The lowest BCUT2D eigenvalue weighted by atomic mass is 10.2. The average molecular weight is 280 g/mol. The highest BCUT2D eigenvalue weighted by molar-refractivity contribution is 5.61. The fourth-order valence-corrected chi connectivity index (χ4v) is 2.71. The molecule has 2 aromatic rings. The molecule has 0 amide bonds. The second-order valence-electron chi connectivity index (χ2n) is 6.17. The van der Waals surface area contributed by atoms with E-state index in [1.807, 2.05) is 36.4 Å². The molecule has 1 aromatic carbocycles. The van der Waals surface area contributed by atoms with Crippen molar-refractivity contribution in [2.75, 3.05) is 17.2 Å². The van der Waals surface area contributed by atoms with Crippen molar-refractivity contribution in [3.8, 4) is 11.4 Å². The first kappa shape index (κ1) is 12.6. The zero-order valence-electron chi connectivity index (χ0n) is 12.1. The van der Waals surface area contributed by atoms with Crippen molar-refractivity contribution in [1.82, 2.24) is 9.97 Å². The number of benzene rings is 1. The summed E-state index contributed by atoms with van der Waals surface area (Å²) in [6, 6.07) is 12.6. The van der Waals surface area contributed by atoms with Gasteiger partial charge in [0.05, 0.1) is 0 Å². The summed E-state index contributed by atoms with van der Waals surface area (Å²) in [5.74, 6) is 3.13. The lowest BCUT2D eigenvalue weighted by molar-refractivity contribution is 0.708. The van der Waals surface area contributed by atoms with Gasteiger partial charge in [0.2, 0.25) is 0 Å². The maximum atomic E-state index is 6.02. The Balaban J connectivity index is 1.69. The minimum atomic E-state index is 0.556. The van der Waals surface area contributed by atoms with Crippen LogP contribution in [0.1, 0.15) is 25.7 Å². The molecule has 21 heavy (non-hydrogen) atoms. The van der Waals surface area contributed by atoms with Crippen molar-refractivity contribution in [2.45, 2.75) is 31.7 Å². The third kappa shape index (κ3) is 2.84. The Bertz CT molecular complexity index is 632. The fourth-order valence-electron chi connectivity index (χ4n) is 2.71. The molecule has 0 bridgehead atoms. The number of aromatic nitrogens is 2. The summed E-state index contributed by atoms with van der Waals surface area (Å²) in [4.78, 5) is 11.6. The van der Waals surface area contributed by atoms with E-state index in [2.05, 4.69) is 9.88 Å². The molecule has 0 spiro atoms. The van der Waals surface area contributed by atoms with E-state index < -0.39 is 0 Å². The van der Waals surface area contributed by atoms with Crippen LogP contribution < -0.4 is 10.6 Å². The Morgan fingerprint density at radius 3 is 2.48 bits per heavy atom. The summed E-state index contributed by atoms with van der Waals surface area (Å²) in [7, 11) is 0. The van der Waals surface area contributed by atoms with Gasteiger partial charge in [0.25, 0.3) is 0 Å². The molecule has 4 rings (SSSR count). The van der Waals surface area contributed by atoms with Gasteiger partial charge in [-0.25, -0.2) is 9.97 Å². The normalized spacial score (nSPS) is 17.7. The number of rotatable bonds is 5. The molecule has 2 aliphatic carbocycles. The Morgan fingerprint density at radius 2 is 1.81 bits per heavy atom. The molecule has 4 heteroatoms. The first-order valence-electron chi connectivity index (χ1n) is 7.76. The van der Waals surface area contributed by atoms with Gasteiger partial charge in [0, 0.05) is 24.2 Å². The minimum absolute atomic E-state index is 0.556. The molecular formula is C17H20N4. The van der Waals surface area contributed by atoms with E-state index in [1.165, 1.54) is 25.7 Å². The fraction of sp³-hybridized carbons (Fsp3) is 0.412. The van der Waals surface area contributed by atoms with Crippen LogP contribution in [0.15, 0.2) is 36.4 Å². The minimum Gasteiger partial charge on any atom is -0.384 e. The molecule has 108 valence electrons. The molecule has 2 aliphatic rings. The first-order valence-corrected chi connectivity index (χ1v) is 7.76. The molecule has 2 fully saturated rings. The Labute approximate surface area is 125 Å². The van der Waals surface area contributed by atoms with Gasteiger partial charge in [-0.1, -0.05) is 30.3 Å². The van der Waals surface area contributed by atoms with Crippen molar-refractivity contribution >= 4 is 11.6 Å². The van der Waals surface area contributed by atoms with Gasteiger partial charge in [-0.15, -0.1) is 0 Å². The van der Waals surface area contributed by atoms with E-state index in [0.29, 0.717) is 11.9 Å². The van der Waals surface area contributed by atoms with Gasteiger partial charge in [0.15, 0.2) is 5.82 Å².